The van der Waals surface area contributed by atoms with E-state index in [0.29, 0.717) is 0 Å². The minimum Gasteiger partial charge on any atom is -0.478 e. The number of carboxylic acids is 1. The fourth-order valence-electron chi connectivity index (χ4n) is 1.68. The maximum Gasteiger partial charge on any atom is 0.337 e. The highest BCUT2D eigenvalue weighted by atomic mass is 16.4. The molecular weight excluding hydrogens is 218 g/mol. The summed E-state index contributed by atoms with van der Waals surface area (Å²) < 4.78 is 0. The summed E-state index contributed by atoms with van der Waals surface area (Å²) in [5, 5.41) is 11.9. The van der Waals surface area contributed by atoms with Crippen molar-refractivity contribution in [3.8, 4) is 0 Å². The minimum atomic E-state index is -0.947. The number of nitrogens with one attached hydrogen (secondary N) is 1. The first-order valence-corrected chi connectivity index (χ1v) is 5.80. The lowest BCUT2D eigenvalue weighted by molar-refractivity contribution is 0.0696. The highest BCUT2D eigenvalue weighted by Crippen LogP contribution is 2.24. The number of pyridine rings is 1. The summed E-state index contributed by atoms with van der Waals surface area (Å²) in [6.07, 6.45) is 3.99. The van der Waals surface area contributed by atoms with Crippen LogP contribution in [0.25, 0.3) is 0 Å². The fraction of sp³-hybridized carbons (Fsp3) is 0.500. The molecule has 5 nitrogen and oxygen atoms in total. The molecule has 0 spiro atoms. The second-order valence-corrected chi connectivity index (χ2v) is 4.38. The van der Waals surface area contributed by atoms with Gasteiger partial charge in [-0.15, -0.1) is 0 Å². The smallest absolute Gasteiger partial charge is 0.337 e. The summed E-state index contributed by atoms with van der Waals surface area (Å²) in [6, 6.07) is 4.02. The molecule has 0 amide bonds. The van der Waals surface area contributed by atoms with E-state index < -0.39 is 5.97 Å². The largest absolute Gasteiger partial charge is 0.478 e. The third-order valence-corrected chi connectivity index (χ3v) is 2.95. The number of rotatable bonds is 6. The maximum atomic E-state index is 10.6. The van der Waals surface area contributed by atoms with Crippen LogP contribution in [-0.2, 0) is 0 Å². The van der Waals surface area contributed by atoms with Gasteiger partial charge in [-0.25, -0.2) is 9.78 Å². The number of nitrogens with zero attached hydrogens (tertiary/aromatic N) is 2. The summed E-state index contributed by atoms with van der Waals surface area (Å²) >= 11 is 0. The average molecular weight is 235 g/mol. The molecule has 0 aliphatic heterocycles. The van der Waals surface area contributed by atoms with Crippen LogP contribution in [-0.4, -0.2) is 47.1 Å². The molecule has 1 aliphatic carbocycles. The van der Waals surface area contributed by atoms with E-state index in [2.05, 4.69) is 22.2 Å². The van der Waals surface area contributed by atoms with Crippen molar-refractivity contribution in [3.05, 3.63) is 23.9 Å². The number of hydrogen-bond acceptors (Lipinski definition) is 4. The van der Waals surface area contributed by atoms with E-state index in [4.69, 9.17) is 5.11 Å². The third-order valence-electron chi connectivity index (χ3n) is 2.95. The Hall–Kier alpha value is -1.62. The zero-order valence-corrected chi connectivity index (χ0v) is 9.89. The molecule has 0 radical (unpaired) electrons. The van der Waals surface area contributed by atoms with Gasteiger partial charge in [-0.1, -0.05) is 0 Å². The van der Waals surface area contributed by atoms with Crippen LogP contribution in [0.5, 0.6) is 0 Å². The molecule has 0 aromatic carbocycles. The van der Waals surface area contributed by atoms with Crippen LogP contribution in [0.2, 0.25) is 0 Å². The first-order valence-electron chi connectivity index (χ1n) is 5.80. The molecule has 1 heterocycles. The summed E-state index contributed by atoms with van der Waals surface area (Å²) in [7, 11) is 2.13. The normalized spacial score (nSPS) is 14.9. The quantitative estimate of drug-likeness (QED) is 0.777. The minimum absolute atomic E-state index is 0.214. The number of likely N-dealkylation sites (N-methyl/N-ethyl adjacent to an activating group) is 1. The molecule has 0 saturated heterocycles. The van der Waals surface area contributed by atoms with Gasteiger partial charge in [0.25, 0.3) is 0 Å². The molecule has 17 heavy (non-hydrogen) atoms. The molecule has 2 rings (SSSR count). The Morgan fingerprint density at radius 3 is 2.88 bits per heavy atom. The monoisotopic (exact) mass is 235 g/mol. The predicted octanol–water partition coefficient (Wildman–Crippen LogP) is 1.29. The van der Waals surface area contributed by atoms with Crippen LogP contribution in [0, 0.1) is 0 Å². The molecule has 92 valence electrons. The van der Waals surface area contributed by atoms with E-state index in [9.17, 15) is 4.79 Å². The second kappa shape index (κ2) is 5.14. The van der Waals surface area contributed by atoms with Gasteiger partial charge in [0.1, 0.15) is 5.82 Å². The topological polar surface area (TPSA) is 65.5 Å². The number of aromatic carboxylic acids is 1. The Bertz CT molecular complexity index is 387. The van der Waals surface area contributed by atoms with Crippen LogP contribution in [0.1, 0.15) is 23.2 Å². The standard InChI is InChI=1S/C12H17N3O2/c1-15(10-3-4-10)7-6-13-11-5-2-9(8-14-11)12(16)17/h2,5,8,10H,3-4,6-7H2,1H3,(H,13,14)(H,16,17). The maximum absolute atomic E-state index is 10.6. The van der Waals surface area contributed by atoms with E-state index in [1.807, 2.05) is 0 Å². The van der Waals surface area contributed by atoms with Crippen LogP contribution in [0.15, 0.2) is 18.3 Å². The zero-order chi connectivity index (χ0) is 12.3. The first-order chi connectivity index (χ1) is 8.16. The van der Waals surface area contributed by atoms with Gasteiger partial charge in [0, 0.05) is 25.3 Å². The average Bonchev–Trinajstić information content (AvgIpc) is 3.13. The van der Waals surface area contributed by atoms with Crippen molar-refractivity contribution in [2.24, 2.45) is 0 Å². The molecule has 0 atom stereocenters. The van der Waals surface area contributed by atoms with E-state index in [1.165, 1.54) is 19.0 Å². The molecule has 2 N–H and O–H groups in total. The molecule has 1 saturated carbocycles. The molecule has 0 unspecified atom stereocenters. The first kappa shape index (κ1) is 11.9. The molecule has 5 heteroatoms. The van der Waals surface area contributed by atoms with Gasteiger partial charge in [-0.3, -0.25) is 0 Å². The Labute approximate surface area is 100 Å². The third kappa shape index (κ3) is 3.42. The van der Waals surface area contributed by atoms with Crippen molar-refractivity contribution >= 4 is 11.8 Å². The number of hydrogen-bond donors (Lipinski definition) is 2. The molecule has 1 aromatic heterocycles. The Morgan fingerprint density at radius 2 is 2.35 bits per heavy atom. The van der Waals surface area contributed by atoms with Gasteiger partial charge < -0.3 is 15.3 Å². The zero-order valence-electron chi connectivity index (χ0n) is 9.89. The van der Waals surface area contributed by atoms with Gasteiger partial charge >= 0.3 is 5.97 Å². The fourth-order valence-corrected chi connectivity index (χ4v) is 1.68. The van der Waals surface area contributed by atoms with Crippen molar-refractivity contribution in [1.82, 2.24) is 9.88 Å². The lowest BCUT2D eigenvalue weighted by Gasteiger charge is -2.15. The molecule has 1 fully saturated rings. The van der Waals surface area contributed by atoms with E-state index in [1.54, 1.807) is 12.1 Å². The lowest BCUT2D eigenvalue weighted by atomic mass is 10.3. The van der Waals surface area contributed by atoms with Crippen LogP contribution >= 0.6 is 0 Å². The Balaban J connectivity index is 1.76. The van der Waals surface area contributed by atoms with Crippen LogP contribution < -0.4 is 5.32 Å². The number of carbonyl (C=O) groups is 1. The van der Waals surface area contributed by atoms with Gasteiger partial charge in [-0.05, 0) is 32.0 Å². The summed E-state index contributed by atoms with van der Waals surface area (Å²) in [5.74, 6) is -0.225. The summed E-state index contributed by atoms with van der Waals surface area (Å²) in [4.78, 5) is 17.0. The van der Waals surface area contributed by atoms with Crippen LogP contribution in [0.3, 0.4) is 0 Å². The highest BCUT2D eigenvalue weighted by Gasteiger charge is 2.25. The number of anilines is 1. The van der Waals surface area contributed by atoms with Gasteiger partial charge in [-0.2, -0.15) is 0 Å². The van der Waals surface area contributed by atoms with Gasteiger partial charge in [0.15, 0.2) is 0 Å². The van der Waals surface area contributed by atoms with Crippen molar-refractivity contribution in [2.75, 3.05) is 25.5 Å². The lowest BCUT2D eigenvalue weighted by Crippen LogP contribution is -2.27. The molecule has 1 aromatic rings. The van der Waals surface area contributed by atoms with Crippen molar-refractivity contribution in [3.63, 3.8) is 0 Å². The Morgan fingerprint density at radius 1 is 1.59 bits per heavy atom. The summed E-state index contributed by atoms with van der Waals surface area (Å²) in [5.41, 5.74) is 0.214. The highest BCUT2D eigenvalue weighted by molar-refractivity contribution is 5.87. The van der Waals surface area contributed by atoms with Crippen LogP contribution in [0.4, 0.5) is 5.82 Å². The SMILES string of the molecule is CN(CCNc1ccc(C(=O)O)cn1)C1CC1. The summed E-state index contributed by atoms with van der Waals surface area (Å²) in [6.45, 7) is 1.81. The predicted molar refractivity (Wildman–Crippen MR) is 65.3 cm³/mol. The molecular formula is C12H17N3O2. The van der Waals surface area contributed by atoms with Gasteiger partial charge in [0.05, 0.1) is 5.56 Å². The van der Waals surface area contributed by atoms with Gasteiger partial charge in [0.2, 0.25) is 0 Å². The second-order valence-electron chi connectivity index (χ2n) is 4.38. The van der Waals surface area contributed by atoms with E-state index in [0.717, 1.165) is 24.9 Å². The Kier molecular flexibility index (Phi) is 3.58. The van der Waals surface area contributed by atoms with Crippen molar-refractivity contribution < 1.29 is 9.90 Å². The van der Waals surface area contributed by atoms with E-state index in [-0.39, 0.29) is 5.56 Å². The van der Waals surface area contributed by atoms with E-state index >= 15 is 0 Å². The van der Waals surface area contributed by atoms with Crippen molar-refractivity contribution in [1.29, 1.82) is 0 Å². The molecule has 1 aliphatic rings. The van der Waals surface area contributed by atoms with Crippen molar-refractivity contribution in [2.45, 2.75) is 18.9 Å². The molecule has 0 bridgehead atoms. The number of aromatic nitrogens is 1. The number of carboxylic acid groups (broad SMARTS) is 1.